The van der Waals surface area contributed by atoms with E-state index in [9.17, 15) is 4.79 Å². The van der Waals surface area contributed by atoms with Crippen LogP contribution in [0.15, 0.2) is 29.3 Å². The molecule has 160 valence electrons. The number of hydrogen-bond acceptors (Lipinski definition) is 4. The summed E-state index contributed by atoms with van der Waals surface area (Å²) in [6, 6.07) is 8.87. The lowest BCUT2D eigenvalue weighted by molar-refractivity contribution is -0.146. The number of esters is 1. The topological polar surface area (TPSA) is 57.2 Å². The Labute approximate surface area is 175 Å². The van der Waals surface area contributed by atoms with Crippen molar-refractivity contribution in [2.45, 2.75) is 45.7 Å². The fourth-order valence-electron chi connectivity index (χ4n) is 4.32. The smallest absolute Gasteiger partial charge is 0.308 e. The summed E-state index contributed by atoms with van der Waals surface area (Å²) in [6.45, 7) is 8.22. The van der Waals surface area contributed by atoms with E-state index in [2.05, 4.69) is 51.3 Å². The molecule has 0 unspecified atom stereocenters. The lowest BCUT2D eigenvalue weighted by Gasteiger charge is -2.33. The Morgan fingerprint density at radius 2 is 1.83 bits per heavy atom. The number of aliphatic imine (C=N–C) groups is 1. The molecule has 0 aliphatic carbocycles. The molecule has 0 spiro atoms. The number of nitrogens with one attached hydrogen (secondary N) is 1. The summed E-state index contributed by atoms with van der Waals surface area (Å²) in [6.07, 6.45) is 4.25. The first kappa shape index (κ1) is 21.6. The van der Waals surface area contributed by atoms with E-state index in [1.165, 1.54) is 44.2 Å². The molecule has 1 N–H and O–H groups in total. The Bertz CT molecular complexity index is 690. The van der Waals surface area contributed by atoms with Gasteiger partial charge in [0.15, 0.2) is 5.96 Å². The number of methoxy groups -OCH3 is 1. The van der Waals surface area contributed by atoms with Crippen LogP contribution in [-0.2, 0) is 22.6 Å². The molecule has 0 amide bonds. The van der Waals surface area contributed by atoms with Gasteiger partial charge in [0.1, 0.15) is 0 Å². The first-order valence-electron chi connectivity index (χ1n) is 10.9. The first-order valence-corrected chi connectivity index (χ1v) is 10.9. The molecule has 2 saturated heterocycles. The number of carbonyl (C=O) groups excluding carboxylic acids is 1. The second kappa shape index (κ2) is 10.6. The number of benzene rings is 1. The van der Waals surface area contributed by atoms with E-state index >= 15 is 0 Å². The third-order valence-electron chi connectivity index (χ3n) is 6.27. The van der Waals surface area contributed by atoms with Crippen LogP contribution in [-0.4, -0.2) is 62.1 Å². The van der Waals surface area contributed by atoms with Crippen molar-refractivity contribution >= 4 is 11.9 Å². The summed E-state index contributed by atoms with van der Waals surface area (Å²) in [5, 5.41) is 3.50. The molecular formula is C23H36N4O2. The number of likely N-dealkylation sites (tertiary alicyclic amines) is 2. The highest BCUT2D eigenvalue weighted by molar-refractivity contribution is 5.80. The molecule has 0 aromatic heterocycles. The van der Waals surface area contributed by atoms with E-state index in [0.29, 0.717) is 0 Å². The van der Waals surface area contributed by atoms with Crippen LogP contribution in [0.2, 0.25) is 0 Å². The Kier molecular flexibility index (Phi) is 7.92. The monoisotopic (exact) mass is 400 g/mol. The summed E-state index contributed by atoms with van der Waals surface area (Å²) in [5.41, 5.74) is 2.66. The molecule has 6 heteroatoms. The number of hydrogen-bond donors (Lipinski definition) is 1. The van der Waals surface area contributed by atoms with Crippen molar-refractivity contribution in [1.82, 2.24) is 15.1 Å². The predicted molar refractivity (Wildman–Crippen MR) is 117 cm³/mol. The number of rotatable bonds is 5. The summed E-state index contributed by atoms with van der Waals surface area (Å²) in [4.78, 5) is 21.0. The van der Waals surface area contributed by atoms with Crippen LogP contribution >= 0.6 is 0 Å². The van der Waals surface area contributed by atoms with E-state index in [4.69, 9.17) is 4.74 Å². The van der Waals surface area contributed by atoms with Gasteiger partial charge in [-0.05, 0) is 55.8 Å². The van der Waals surface area contributed by atoms with Crippen molar-refractivity contribution in [2.75, 3.05) is 40.3 Å². The van der Waals surface area contributed by atoms with Gasteiger partial charge in [0, 0.05) is 33.2 Å². The maximum absolute atomic E-state index is 11.7. The van der Waals surface area contributed by atoms with Crippen LogP contribution in [0.1, 0.15) is 43.7 Å². The number of nitrogens with zero attached hydrogens (tertiary/aromatic N) is 3. The normalized spacial score (nSPS) is 20.0. The third kappa shape index (κ3) is 6.20. The van der Waals surface area contributed by atoms with Crippen molar-refractivity contribution in [2.24, 2.45) is 16.8 Å². The highest BCUT2D eigenvalue weighted by Gasteiger charge is 2.26. The highest BCUT2D eigenvalue weighted by atomic mass is 16.5. The predicted octanol–water partition coefficient (Wildman–Crippen LogP) is 2.88. The van der Waals surface area contributed by atoms with Gasteiger partial charge in [-0.15, -0.1) is 0 Å². The van der Waals surface area contributed by atoms with Gasteiger partial charge >= 0.3 is 5.97 Å². The fourth-order valence-corrected chi connectivity index (χ4v) is 4.32. The zero-order valence-electron chi connectivity index (χ0n) is 18.2. The Balaban J connectivity index is 1.49. The molecule has 1 aromatic carbocycles. The number of piperidine rings is 2. The highest BCUT2D eigenvalue weighted by Crippen LogP contribution is 2.20. The average molecular weight is 401 g/mol. The van der Waals surface area contributed by atoms with Crippen LogP contribution in [0, 0.1) is 11.8 Å². The Hall–Kier alpha value is -2.08. The zero-order valence-corrected chi connectivity index (χ0v) is 18.2. The van der Waals surface area contributed by atoms with Gasteiger partial charge in [0.25, 0.3) is 0 Å². The minimum Gasteiger partial charge on any atom is -0.469 e. The van der Waals surface area contributed by atoms with Crippen LogP contribution < -0.4 is 5.32 Å². The van der Waals surface area contributed by atoms with Crippen LogP contribution in [0.25, 0.3) is 0 Å². The van der Waals surface area contributed by atoms with Crippen LogP contribution in [0.3, 0.4) is 0 Å². The maximum atomic E-state index is 11.7. The van der Waals surface area contributed by atoms with E-state index < -0.39 is 0 Å². The molecule has 3 rings (SSSR count). The van der Waals surface area contributed by atoms with Gasteiger partial charge in [0.2, 0.25) is 0 Å². The van der Waals surface area contributed by atoms with E-state index in [1.54, 1.807) is 0 Å². The fraction of sp³-hybridized carbons (Fsp3) is 0.652. The van der Waals surface area contributed by atoms with E-state index in [-0.39, 0.29) is 11.9 Å². The summed E-state index contributed by atoms with van der Waals surface area (Å²) < 4.78 is 4.88. The number of carbonyl (C=O) groups is 1. The van der Waals surface area contributed by atoms with Crippen molar-refractivity contribution in [3.63, 3.8) is 0 Å². The summed E-state index contributed by atoms with van der Waals surface area (Å²) in [7, 11) is 3.29. The third-order valence-corrected chi connectivity index (χ3v) is 6.27. The second-order valence-corrected chi connectivity index (χ2v) is 8.46. The van der Waals surface area contributed by atoms with Crippen LogP contribution in [0.5, 0.6) is 0 Å². The molecule has 0 atom stereocenters. The summed E-state index contributed by atoms with van der Waals surface area (Å²) in [5.74, 6) is 1.70. The van der Waals surface area contributed by atoms with Gasteiger partial charge in [-0.3, -0.25) is 14.7 Å². The molecule has 0 bridgehead atoms. The van der Waals surface area contributed by atoms with Crippen molar-refractivity contribution < 1.29 is 9.53 Å². The lowest BCUT2D eigenvalue weighted by Crippen LogP contribution is -2.46. The number of ether oxygens (including phenoxy) is 1. The minimum atomic E-state index is -0.0902. The quantitative estimate of drug-likeness (QED) is 0.468. The van der Waals surface area contributed by atoms with Gasteiger partial charge in [-0.2, -0.15) is 0 Å². The largest absolute Gasteiger partial charge is 0.469 e. The van der Waals surface area contributed by atoms with Crippen molar-refractivity contribution in [3.05, 3.63) is 35.4 Å². The minimum absolute atomic E-state index is 0.0174. The van der Waals surface area contributed by atoms with E-state index in [0.717, 1.165) is 50.9 Å². The molecule has 2 heterocycles. The molecule has 0 radical (unpaired) electrons. The Morgan fingerprint density at radius 1 is 1.14 bits per heavy atom. The Morgan fingerprint density at radius 3 is 2.48 bits per heavy atom. The molecule has 2 fully saturated rings. The van der Waals surface area contributed by atoms with Gasteiger partial charge in [-0.25, -0.2) is 0 Å². The van der Waals surface area contributed by atoms with Gasteiger partial charge < -0.3 is 15.0 Å². The van der Waals surface area contributed by atoms with Gasteiger partial charge in [0.05, 0.1) is 13.0 Å². The molecular weight excluding hydrogens is 364 g/mol. The molecule has 29 heavy (non-hydrogen) atoms. The van der Waals surface area contributed by atoms with E-state index in [1.807, 2.05) is 7.05 Å². The molecule has 2 aliphatic heterocycles. The van der Waals surface area contributed by atoms with Crippen LogP contribution in [0.4, 0.5) is 0 Å². The first-order chi connectivity index (χ1) is 14.1. The molecule has 6 nitrogen and oxygen atoms in total. The van der Waals surface area contributed by atoms with Crippen molar-refractivity contribution in [1.29, 1.82) is 0 Å². The maximum Gasteiger partial charge on any atom is 0.308 e. The van der Waals surface area contributed by atoms with Gasteiger partial charge in [-0.1, -0.05) is 31.2 Å². The summed E-state index contributed by atoms with van der Waals surface area (Å²) >= 11 is 0. The molecule has 1 aromatic rings. The van der Waals surface area contributed by atoms with Crippen molar-refractivity contribution in [3.8, 4) is 0 Å². The molecule has 2 aliphatic rings. The standard InChI is InChI=1S/C23H36N4O2/c1-18-7-11-26(12-8-18)17-20-6-4-5-19(15-20)16-25-23(24-2)27-13-9-21(10-14-27)22(28)29-3/h4-6,15,18,21H,7-14,16-17H2,1-3H3,(H,24,25). The zero-order chi connectivity index (χ0) is 20.6. The average Bonchev–Trinajstić information content (AvgIpc) is 2.76. The lowest BCUT2D eigenvalue weighted by atomic mass is 9.97. The number of guanidine groups is 1. The SMILES string of the molecule is CN=C(NCc1cccc(CN2CCC(C)CC2)c1)N1CCC(C(=O)OC)CC1. The molecule has 0 saturated carbocycles. The second-order valence-electron chi connectivity index (χ2n) is 8.46.